The second-order valence-electron chi connectivity index (χ2n) is 7.74. The quantitative estimate of drug-likeness (QED) is 0.475. The summed E-state index contributed by atoms with van der Waals surface area (Å²) < 4.78 is 12.8. The molecule has 2 aromatic heterocycles. The highest BCUT2D eigenvalue weighted by molar-refractivity contribution is 5.92. The number of methoxy groups -OCH3 is 2. The minimum atomic E-state index is -0.655. The molecule has 0 bridgehead atoms. The van der Waals surface area contributed by atoms with Crippen molar-refractivity contribution in [3.05, 3.63) is 86.7 Å². The Morgan fingerprint density at radius 3 is 2.41 bits per heavy atom. The van der Waals surface area contributed by atoms with Crippen LogP contribution in [0.2, 0.25) is 0 Å². The molecule has 0 aliphatic carbocycles. The summed E-state index contributed by atoms with van der Waals surface area (Å²) in [5, 5.41) is 2.99. The summed E-state index contributed by atoms with van der Waals surface area (Å²) >= 11 is 0. The summed E-state index contributed by atoms with van der Waals surface area (Å²) in [4.78, 5) is 44.2. The smallest absolute Gasteiger partial charge is 0.337 e. The van der Waals surface area contributed by atoms with E-state index in [1.54, 1.807) is 62.4 Å². The number of carbonyl (C=O) groups is 1. The maximum absolute atomic E-state index is 13.5. The summed E-state index contributed by atoms with van der Waals surface area (Å²) in [5.41, 5.74) is 1.30. The van der Waals surface area contributed by atoms with Gasteiger partial charge in [0.1, 0.15) is 18.0 Å². The number of benzene rings is 2. The highest BCUT2D eigenvalue weighted by atomic mass is 16.5. The number of para-hydroxylation sites is 1. The highest BCUT2D eigenvalue weighted by Gasteiger charge is 2.20. The lowest BCUT2D eigenvalue weighted by Gasteiger charge is -2.16. The number of nitrogens with zero attached hydrogens (tertiary/aromatic N) is 3. The number of pyridine rings is 1. The van der Waals surface area contributed by atoms with Gasteiger partial charge < -0.3 is 14.8 Å². The lowest BCUT2D eigenvalue weighted by molar-refractivity contribution is -0.116. The third kappa shape index (κ3) is 4.15. The monoisotopic (exact) mass is 460 g/mol. The molecule has 4 aromatic rings. The molecule has 0 atom stereocenters. The fourth-order valence-corrected chi connectivity index (χ4v) is 3.86. The van der Waals surface area contributed by atoms with Gasteiger partial charge >= 0.3 is 5.69 Å². The number of aryl methyl sites for hydroxylation is 2. The molecule has 0 saturated heterocycles. The van der Waals surface area contributed by atoms with Crippen molar-refractivity contribution < 1.29 is 14.3 Å². The summed E-state index contributed by atoms with van der Waals surface area (Å²) in [6.07, 6.45) is 0. The molecular formula is C25H24N4O5. The first-order valence-electron chi connectivity index (χ1n) is 10.5. The van der Waals surface area contributed by atoms with Gasteiger partial charge in [-0.05, 0) is 49.7 Å². The van der Waals surface area contributed by atoms with Crippen LogP contribution in [0.4, 0.5) is 5.69 Å². The lowest BCUT2D eigenvalue weighted by atomic mass is 10.1. The van der Waals surface area contributed by atoms with E-state index in [1.807, 2.05) is 6.07 Å². The van der Waals surface area contributed by atoms with Gasteiger partial charge in [0.05, 0.1) is 31.0 Å². The standard InChI is InChI=1S/C25H24N4O5/c1-15-12-16(2)26-23-22(15)24(31)28(25(32)29(23)17-8-6-5-7-9-17)14-21(30)27-19-11-10-18(33-3)13-20(19)34-4/h5-13H,14H2,1-4H3,(H,27,30). The largest absolute Gasteiger partial charge is 0.497 e. The number of rotatable bonds is 6. The van der Waals surface area contributed by atoms with Gasteiger partial charge in [-0.1, -0.05) is 18.2 Å². The van der Waals surface area contributed by atoms with E-state index in [2.05, 4.69) is 10.3 Å². The first-order valence-corrected chi connectivity index (χ1v) is 10.5. The van der Waals surface area contributed by atoms with E-state index in [1.165, 1.54) is 18.8 Å². The Labute approximate surface area is 195 Å². The van der Waals surface area contributed by atoms with E-state index in [9.17, 15) is 14.4 Å². The predicted molar refractivity (Wildman–Crippen MR) is 129 cm³/mol. The molecular weight excluding hydrogens is 436 g/mol. The van der Waals surface area contributed by atoms with Gasteiger partial charge in [-0.3, -0.25) is 9.59 Å². The van der Waals surface area contributed by atoms with Crippen molar-refractivity contribution in [3.8, 4) is 17.2 Å². The van der Waals surface area contributed by atoms with Gasteiger partial charge in [0, 0.05) is 11.8 Å². The third-order valence-corrected chi connectivity index (χ3v) is 5.42. The molecule has 34 heavy (non-hydrogen) atoms. The highest BCUT2D eigenvalue weighted by Crippen LogP contribution is 2.29. The lowest BCUT2D eigenvalue weighted by Crippen LogP contribution is -2.42. The zero-order valence-corrected chi connectivity index (χ0v) is 19.3. The molecule has 0 fully saturated rings. The molecule has 1 amide bonds. The van der Waals surface area contributed by atoms with Crippen molar-refractivity contribution in [2.24, 2.45) is 0 Å². The molecule has 174 valence electrons. The van der Waals surface area contributed by atoms with E-state index in [-0.39, 0.29) is 11.0 Å². The minimum absolute atomic E-state index is 0.257. The zero-order valence-electron chi connectivity index (χ0n) is 19.3. The van der Waals surface area contributed by atoms with E-state index in [4.69, 9.17) is 9.47 Å². The van der Waals surface area contributed by atoms with Crippen molar-refractivity contribution in [2.45, 2.75) is 20.4 Å². The number of carbonyl (C=O) groups excluding carboxylic acids is 1. The molecule has 2 heterocycles. The Balaban J connectivity index is 1.83. The maximum atomic E-state index is 13.5. The Morgan fingerprint density at radius 1 is 1.00 bits per heavy atom. The van der Waals surface area contributed by atoms with E-state index >= 15 is 0 Å². The predicted octanol–water partition coefficient (Wildman–Crippen LogP) is 2.82. The van der Waals surface area contributed by atoms with Crippen LogP contribution < -0.4 is 26.0 Å². The number of anilines is 1. The molecule has 0 aliphatic heterocycles. The van der Waals surface area contributed by atoms with Crippen LogP contribution in [0.25, 0.3) is 16.7 Å². The number of nitrogens with one attached hydrogen (secondary N) is 1. The normalized spacial score (nSPS) is 10.8. The summed E-state index contributed by atoms with van der Waals surface area (Å²) in [5.74, 6) is 0.389. The van der Waals surface area contributed by atoms with Crippen LogP contribution in [0.5, 0.6) is 11.5 Å². The number of fused-ring (bicyclic) bond motifs is 1. The van der Waals surface area contributed by atoms with Gasteiger partial charge in [-0.25, -0.2) is 18.9 Å². The molecule has 9 nitrogen and oxygen atoms in total. The fourth-order valence-electron chi connectivity index (χ4n) is 3.86. The van der Waals surface area contributed by atoms with Crippen LogP contribution in [0, 0.1) is 13.8 Å². The molecule has 9 heteroatoms. The van der Waals surface area contributed by atoms with Crippen LogP contribution in [0.15, 0.2) is 64.2 Å². The van der Waals surface area contributed by atoms with Gasteiger partial charge in [-0.2, -0.15) is 0 Å². The SMILES string of the molecule is COc1ccc(NC(=O)Cn2c(=O)c3c(C)cc(C)nc3n(-c3ccccc3)c2=O)c(OC)c1. The van der Waals surface area contributed by atoms with Gasteiger partial charge in [-0.15, -0.1) is 0 Å². The van der Waals surface area contributed by atoms with Crippen LogP contribution in [0.1, 0.15) is 11.3 Å². The van der Waals surface area contributed by atoms with Crippen LogP contribution in [-0.2, 0) is 11.3 Å². The Bertz CT molecular complexity index is 1510. The van der Waals surface area contributed by atoms with E-state index < -0.39 is 23.7 Å². The zero-order chi connectivity index (χ0) is 24.4. The van der Waals surface area contributed by atoms with Crippen molar-refractivity contribution in [1.29, 1.82) is 0 Å². The van der Waals surface area contributed by atoms with Gasteiger partial charge in [0.2, 0.25) is 5.91 Å². The second-order valence-corrected chi connectivity index (χ2v) is 7.74. The molecule has 0 saturated carbocycles. The molecule has 0 spiro atoms. The summed E-state index contributed by atoms with van der Waals surface area (Å²) in [7, 11) is 2.99. The van der Waals surface area contributed by atoms with Crippen molar-refractivity contribution in [3.63, 3.8) is 0 Å². The van der Waals surface area contributed by atoms with Crippen LogP contribution in [0.3, 0.4) is 0 Å². The molecule has 0 aliphatic rings. The molecule has 2 aromatic carbocycles. The fraction of sp³-hybridized carbons (Fsp3) is 0.200. The third-order valence-electron chi connectivity index (χ3n) is 5.42. The minimum Gasteiger partial charge on any atom is -0.497 e. The first-order chi connectivity index (χ1) is 16.3. The van der Waals surface area contributed by atoms with Crippen LogP contribution >= 0.6 is 0 Å². The molecule has 1 N–H and O–H groups in total. The Morgan fingerprint density at radius 2 is 1.74 bits per heavy atom. The second kappa shape index (κ2) is 9.22. The Kier molecular flexibility index (Phi) is 6.18. The van der Waals surface area contributed by atoms with Gasteiger partial charge in [0.25, 0.3) is 5.56 Å². The van der Waals surface area contributed by atoms with Crippen LogP contribution in [-0.4, -0.2) is 34.2 Å². The average molecular weight is 460 g/mol. The number of aromatic nitrogens is 3. The average Bonchev–Trinajstić information content (AvgIpc) is 2.82. The van der Waals surface area contributed by atoms with E-state index in [0.29, 0.717) is 34.1 Å². The molecule has 4 rings (SSSR count). The number of hydrogen-bond donors (Lipinski definition) is 1. The summed E-state index contributed by atoms with van der Waals surface area (Å²) in [6, 6.07) is 15.6. The maximum Gasteiger partial charge on any atom is 0.337 e. The Hall–Kier alpha value is -4.40. The van der Waals surface area contributed by atoms with Crippen molar-refractivity contribution >= 4 is 22.6 Å². The summed E-state index contributed by atoms with van der Waals surface area (Å²) in [6.45, 7) is 3.10. The van der Waals surface area contributed by atoms with Crippen molar-refractivity contribution in [1.82, 2.24) is 14.1 Å². The topological polar surface area (TPSA) is 104 Å². The van der Waals surface area contributed by atoms with E-state index in [0.717, 1.165) is 4.57 Å². The molecule has 0 radical (unpaired) electrons. The van der Waals surface area contributed by atoms with Crippen molar-refractivity contribution in [2.75, 3.05) is 19.5 Å². The number of ether oxygens (including phenoxy) is 2. The van der Waals surface area contributed by atoms with Gasteiger partial charge in [0.15, 0.2) is 5.65 Å². The number of amides is 1. The number of hydrogen-bond acceptors (Lipinski definition) is 6. The first kappa shape index (κ1) is 22.8. The molecule has 0 unspecified atom stereocenters.